The summed E-state index contributed by atoms with van der Waals surface area (Å²) < 4.78 is 37.4. The molecular formula is C31H34FN3O5. The van der Waals surface area contributed by atoms with E-state index in [2.05, 4.69) is 34.3 Å². The number of halogens is 1. The average Bonchev–Trinajstić information content (AvgIpc) is 3.32. The summed E-state index contributed by atoms with van der Waals surface area (Å²) in [5, 5.41) is 4.17. The van der Waals surface area contributed by atoms with Crippen LogP contribution < -0.4 is 19.7 Å². The molecule has 0 bridgehead atoms. The number of morpholine rings is 1. The summed E-state index contributed by atoms with van der Waals surface area (Å²) in [6.45, 7) is 8.93. The van der Waals surface area contributed by atoms with Crippen LogP contribution in [0.25, 0.3) is 11.0 Å². The molecule has 4 aromatic rings. The highest BCUT2D eigenvalue weighted by Crippen LogP contribution is 2.37. The maximum atomic E-state index is 15.4. The topological polar surface area (TPSA) is 86.1 Å². The Hall–Kier alpha value is -4.11. The molecule has 0 radical (unpaired) electrons. The lowest BCUT2D eigenvalue weighted by Gasteiger charge is -2.29. The van der Waals surface area contributed by atoms with Crippen molar-refractivity contribution in [2.24, 2.45) is 0 Å². The number of furan rings is 1. The lowest BCUT2D eigenvalue weighted by molar-refractivity contribution is 0.100. The van der Waals surface area contributed by atoms with Crippen LogP contribution in [0.15, 0.2) is 40.9 Å². The van der Waals surface area contributed by atoms with E-state index >= 15 is 4.39 Å². The average molecular weight is 548 g/mol. The van der Waals surface area contributed by atoms with Crippen LogP contribution >= 0.6 is 0 Å². The molecule has 1 fully saturated rings. The van der Waals surface area contributed by atoms with Gasteiger partial charge < -0.3 is 28.8 Å². The zero-order valence-corrected chi connectivity index (χ0v) is 23.5. The van der Waals surface area contributed by atoms with E-state index in [1.807, 2.05) is 19.1 Å². The van der Waals surface area contributed by atoms with Gasteiger partial charge in [-0.05, 0) is 50.1 Å². The molecule has 0 spiro atoms. The summed E-state index contributed by atoms with van der Waals surface area (Å²) in [6, 6.07) is 9.61. The van der Waals surface area contributed by atoms with Crippen molar-refractivity contribution in [2.75, 3.05) is 50.7 Å². The first-order valence-corrected chi connectivity index (χ1v) is 13.4. The summed E-state index contributed by atoms with van der Waals surface area (Å²) in [5.41, 5.74) is 4.61. The Kier molecular flexibility index (Phi) is 7.93. The molecule has 1 aliphatic rings. The molecule has 2 aromatic heterocycles. The molecular weight excluding hydrogens is 513 g/mol. The molecule has 0 saturated carbocycles. The van der Waals surface area contributed by atoms with E-state index in [-0.39, 0.29) is 17.1 Å². The fourth-order valence-electron chi connectivity index (χ4n) is 5.19. The predicted molar refractivity (Wildman–Crippen MR) is 153 cm³/mol. The van der Waals surface area contributed by atoms with E-state index in [1.165, 1.54) is 20.3 Å². The van der Waals surface area contributed by atoms with E-state index in [1.54, 1.807) is 13.1 Å². The highest BCUT2D eigenvalue weighted by Gasteiger charge is 2.29. The second kappa shape index (κ2) is 11.6. The molecule has 0 atom stereocenters. The number of ketones is 1. The molecule has 0 amide bonds. The van der Waals surface area contributed by atoms with Crippen molar-refractivity contribution in [1.29, 1.82) is 0 Å². The largest absolute Gasteiger partial charge is 0.496 e. The molecule has 1 aliphatic heterocycles. The van der Waals surface area contributed by atoms with Gasteiger partial charge in [0.1, 0.15) is 11.6 Å². The van der Waals surface area contributed by atoms with Gasteiger partial charge in [0, 0.05) is 47.0 Å². The van der Waals surface area contributed by atoms with Crippen LogP contribution in [-0.2, 0) is 11.2 Å². The SMILES string of the molecule is CCCc1c(C(=O)c2c(C)c(OC)cc(OC)c2F)oc2cnc(Nc3ccc(N4CCOCC4)cc3C)cc12. The van der Waals surface area contributed by atoms with Gasteiger partial charge in [0.2, 0.25) is 5.78 Å². The van der Waals surface area contributed by atoms with Crippen LogP contribution in [0.2, 0.25) is 0 Å². The van der Waals surface area contributed by atoms with E-state index in [9.17, 15) is 4.79 Å². The van der Waals surface area contributed by atoms with Crippen LogP contribution in [0.4, 0.5) is 21.6 Å². The molecule has 0 aliphatic carbocycles. The Bertz CT molecular complexity index is 1530. The second-order valence-corrected chi connectivity index (χ2v) is 9.87. The van der Waals surface area contributed by atoms with Crippen molar-refractivity contribution in [1.82, 2.24) is 4.98 Å². The Morgan fingerprint density at radius 3 is 2.52 bits per heavy atom. The molecule has 5 rings (SSSR count). The molecule has 210 valence electrons. The number of carbonyl (C=O) groups is 1. The summed E-state index contributed by atoms with van der Waals surface area (Å²) in [5.74, 6) is -0.294. The molecule has 3 heterocycles. The fraction of sp³-hybridized carbons (Fsp3) is 0.355. The van der Waals surface area contributed by atoms with Crippen LogP contribution in [0.1, 0.15) is 46.2 Å². The van der Waals surface area contributed by atoms with Crippen LogP contribution in [0.5, 0.6) is 11.5 Å². The van der Waals surface area contributed by atoms with Gasteiger partial charge in [0.25, 0.3) is 0 Å². The number of anilines is 3. The second-order valence-electron chi connectivity index (χ2n) is 9.87. The Morgan fingerprint density at radius 2 is 1.85 bits per heavy atom. The van der Waals surface area contributed by atoms with Gasteiger partial charge in [0.15, 0.2) is 22.9 Å². The number of ether oxygens (including phenoxy) is 3. The lowest BCUT2D eigenvalue weighted by atomic mass is 9.96. The first kappa shape index (κ1) is 27.5. The third kappa shape index (κ3) is 5.09. The zero-order valence-electron chi connectivity index (χ0n) is 23.5. The standard InChI is InChI=1S/C31H34FN3O5/c1-6-7-21-22-15-27(34-23-9-8-20(14-18(23)2)35-10-12-39-13-11-35)33-17-26(22)40-31(21)30(36)28-19(3)24(37-4)16-25(38-5)29(28)32/h8-9,14-17H,6-7,10-13H2,1-5H3,(H,33,34). The first-order valence-electron chi connectivity index (χ1n) is 13.4. The number of carbonyl (C=O) groups excluding carboxylic acids is 1. The third-order valence-electron chi connectivity index (χ3n) is 7.34. The van der Waals surface area contributed by atoms with E-state index < -0.39 is 11.6 Å². The number of nitrogens with one attached hydrogen (secondary N) is 1. The predicted octanol–water partition coefficient (Wildman–Crippen LogP) is 6.36. The number of hydrogen-bond acceptors (Lipinski definition) is 8. The highest BCUT2D eigenvalue weighted by atomic mass is 19.1. The number of pyridine rings is 1. The quantitative estimate of drug-likeness (QED) is 0.242. The number of hydrogen-bond donors (Lipinski definition) is 1. The third-order valence-corrected chi connectivity index (χ3v) is 7.34. The van der Waals surface area contributed by atoms with Crippen LogP contribution in [0.3, 0.4) is 0 Å². The van der Waals surface area contributed by atoms with Crippen molar-refractivity contribution >= 4 is 33.9 Å². The minimum Gasteiger partial charge on any atom is -0.496 e. The molecule has 1 saturated heterocycles. The van der Waals surface area contributed by atoms with Gasteiger partial charge in [-0.3, -0.25) is 4.79 Å². The number of aryl methyl sites for hydroxylation is 2. The smallest absolute Gasteiger partial charge is 0.232 e. The van der Waals surface area contributed by atoms with Crippen LogP contribution in [0, 0.1) is 19.7 Å². The Balaban J connectivity index is 1.51. The van der Waals surface area contributed by atoms with E-state index in [4.69, 9.17) is 18.6 Å². The number of fused-ring (bicyclic) bond motifs is 1. The molecule has 8 nitrogen and oxygen atoms in total. The molecule has 40 heavy (non-hydrogen) atoms. The van der Waals surface area contributed by atoms with Crippen molar-refractivity contribution in [3.8, 4) is 11.5 Å². The Labute approximate surface area is 233 Å². The zero-order chi connectivity index (χ0) is 28.4. The van der Waals surface area contributed by atoms with Crippen molar-refractivity contribution < 1.29 is 27.8 Å². The van der Waals surface area contributed by atoms with Gasteiger partial charge in [-0.2, -0.15) is 0 Å². The van der Waals surface area contributed by atoms with Gasteiger partial charge >= 0.3 is 0 Å². The van der Waals surface area contributed by atoms with E-state index in [0.717, 1.165) is 55.0 Å². The minimum absolute atomic E-state index is 0.0675. The van der Waals surface area contributed by atoms with Crippen molar-refractivity contribution in [2.45, 2.75) is 33.6 Å². The maximum absolute atomic E-state index is 15.4. The number of nitrogens with zero attached hydrogens (tertiary/aromatic N) is 2. The number of rotatable bonds is 9. The maximum Gasteiger partial charge on any atom is 0.232 e. The molecule has 0 unspecified atom stereocenters. The number of aromatic nitrogens is 1. The summed E-state index contributed by atoms with van der Waals surface area (Å²) in [4.78, 5) is 20.6. The van der Waals surface area contributed by atoms with E-state index in [0.29, 0.717) is 34.7 Å². The Morgan fingerprint density at radius 1 is 1.10 bits per heavy atom. The first-order chi connectivity index (χ1) is 19.4. The van der Waals surface area contributed by atoms with Gasteiger partial charge in [-0.1, -0.05) is 13.3 Å². The van der Waals surface area contributed by atoms with Gasteiger partial charge in [0.05, 0.1) is 39.2 Å². The fourth-order valence-corrected chi connectivity index (χ4v) is 5.19. The molecule has 2 aromatic carbocycles. The van der Waals surface area contributed by atoms with Gasteiger partial charge in [-0.25, -0.2) is 9.37 Å². The lowest BCUT2D eigenvalue weighted by Crippen LogP contribution is -2.36. The summed E-state index contributed by atoms with van der Waals surface area (Å²) >= 11 is 0. The summed E-state index contributed by atoms with van der Waals surface area (Å²) in [7, 11) is 2.82. The monoisotopic (exact) mass is 547 g/mol. The number of methoxy groups -OCH3 is 2. The highest BCUT2D eigenvalue weighted by molar-refractivity contribution is 6.12. The minimum atomic E-state index is -0.745. The van der Waals surface area contributed by atoms with Gasteiger partial charge in [-0.15, -0.1) is 0 Å². The van der Waals surface area contributed by atoms with Crippen molar-refractivity contribution in [3.05, 3.63) is 70.4 Å². The van der Waals surface area contributed by atoms with Crippen LogP contribution in [-0.4, -0.2) is 51.3 Å². The molecule has 1 N–H and O–H groups in total. The van der Waals surface area contributed by atoms with Crippen molar-refractivity contribution in [3.63, 3.8) is 0 Å². The molecule has 9 heteroatoms. The summed E-state index contributed by atoms with van der Waals surface area (Å²) in [6.07, 6.45) is 2.94. The number of benzene rings is 2. The normalized spacial score (nSPS) is 13.5.